The van der Waals surface area contributed by atoms with E-state index in [1.54, 1.807) is 20.8 Å². The van der Waals surface area contributed by atoms with E-state index in [4.69, 9.17) is 0 Å². The van der Waals surface area contributed by atoms with Crippen LogP contribution in [0.4, 0.5) is 0 Å². The lowest BCUT2D eigenvalue weighted by molar-refractivity contribution is 0.0978. The molecule has 0 aromatic carbocycles. The number of nitrogens with zero attached hydrogens (tertiary/aromatic N) is 2. The van der Waals surface area contributed by atoms with Crippen LogP contribution in [0.1, 0.15) is 50.9 Å². The summed E-state index contributed by atoms with van der Waals surface area (Å²) in [6, 6.07) is 0. The van der Waals surface area contributed by atoms with Crippen molar-refractivity contribution in [1.82, 2.24) is 14.5 Å². The number of Topliss-reactive ketones (excluding diaryl/α,β-unsaturated/α-hetero) is 1. The summed E-state index contributed by atoms with van der Waals surface area (Å²) in [5, 5.41) is 3.82. The standard InChI is InChI=1S/C12H21N3O3S/c1-6-7-10(16)9-8-13-15(5)11(9)19(17,18)14-12(2,3)4/h8,14H,6-7H2,1-5H3. The second-order valence-electron chi connectivity index (χ2n) is 5.52. The zero-order chi connectivity index (χ0) is 14.8. The topological polar surface area (TPSA) is 81.1 Å². The molecule has 0 fully saturated rings. The Morgan fingerprint density at radius 2 is 2.00 bits per heavy atom. The maximum Gasteiger partial charge on any atom is 0.258 e. The van der Waals surface area contributed by atoms with Gasteiger partial charge in [0.25, 0.3) is 10.0 Å². The van der Waals surface area contributed by atoms with Gasteiger partial charge in [-0.2, -0.15) is 5.10 Å². The molecule has 1 aromatic rings. The SMILES string of the molecule is CCCC(=O)c1cnn(C)c1S(=O)(=O)NC(C)(C)C. The van der Waals surface area contributed by atoms with Gasteiger partial charge in [-0.05, 0) is 27.2 Å². The van der Waals surface area contributed by atoms with Gasteiger partial charge >= 0.3 is 0 Å². The molecule has 0 aliphatic rings. The highest BCUT2D eigenvalue weighted by Gasteiger charge is 2.30. The fourth-order valence-corrected chi connectivity index (χ4v) is 3.50. The molecule has 0 amide bonds. The number of ketones is 1. The lowest BCUT2D eigenvalue weighted by Gasteiger charge is -2.20. The van der Waals surface area contributed by atoms with Crippen molar-refractivity contribution in [3.05, 3.63) is 11.8 Å². The molecule has 6 nitrogen and oxygen atoms in total. The number of hydrogen-bond acceptors (Lipinski definition) is 4. The van der Waals surface area contributed by atoms with Crippen molar-refractivity contribution in [2.75, 3.05) is 0 Å². The Balaban J connectivity index is 3.27. The van der Waals surface area contributed by atoms with Crippen LogP contribution in [0.5, 0.6) is 0 Å². The van der Waals surface area contributed by atoms with Gasteiger partial charge in [-0.1, -0.05) is 6.92 Å². The van der Waals surface area contributed by atoms with E-state index in [0.29, 0.717) is 12.8 Å². The Labute approximate surface area is 114 Å². The van der Waals surface area contributed by atoms with E-state index >= 15 is 0 Å². The summed E-state index contributed by atoms with van der Waals surface area (Å²) in [6.07, 6.45) is 2.29. The van der Waals surface area contributed by atoms with Gasteiger partial charge in [-0.25, -0.2) is 13.1 Å². The molecule has 1 rings (SSSR count). The highest BCUT2D eigenvalue weighted by atomic mass is 32.2. The molecule has 7 heteroatoms. The van der Waals surface area contributed by atoms with Gasteiger partial charge in [0.2, 0.25) is 0 Å². The first kappa shape index (κ1) is 15.8. The average Bonchev–Trinajstić information content (AvgIpc) is 2.57. The van der Waals surface area contributed by atoms with Crippen LogP contribution >= 0.6 is 0 Å². The summed E-state index contributed by atoms with van der Waals surface area (Å²) >= 11 is 0. The molecule has 1 heterocycles. The average molecular weight is 287 g/mol. The second-order valence-corrected chi connectivity index (χ2v) is 7.11. The molecule has 1 N–H and O–H groups in total. The van der Waals surface area contributed by atoms with Crippen molar-refractivity contribution in [3.63, 3.8) is 0 Å². The van der Waals surface area contributed by atoms with Crippen molar-refractivity contribution < 1.29 is 13.2 Å². The molecule has 0 radical (unpaired) electrons. The number of sulfonamides is 1. The highest BCUT2D eigenvalue weighted by Crippen LogP contribution is 2.19. The van der Waals surface area contributed by atoms with E-state index in [0.717, 1.165) is 0 Å². The molecule has 1 aromatic heterocycles. The smallest absolute Gasteiger partial charge is 0.258 e. The van der Waals surface area contributed by atoms with Crippen LogP contribution in [-0.4, -0.2) is 29.5 Å². The number of aryl methyl sites for hydroxylation is 1. The third-order valence-electron chi connectivity index (χ3n) is 2.36. The minimum atomic E-state index is -3.77. The predicted molar refractivity (Wildman–Crippen MR) is 72.5 cm³/mol. The Morgan fingerprint density at radius 3 is 2.47 bits per heavy atom. The summed E-state index contributed by atoms with van der Waals surface area (Å²) in [5.41, 5.74) is -0.463. The molecule has 0 unspecified atom stereocenters. The number of carbonyl (C=O) groups is 1. The fourth-order valence-electron chi connectivity index (χ4n) is 1.75. The van der Waals surface area contributed by atoms with Crippen molar-refractivity contribution >= 4 is 15.8 Å². The molecule has 0 bridgehead atoms. The Kier molecular flexibility index (Phi) is 4.52. The minimum absolute atomic E-state index is 0.0686. The first-order valence-corrected chi connectivity index (χ1v) is 7.66. The van der Waals surface area contributed by atoms with E-state index in [9.17, 15) is 13.2 Å². The molecule has 0 atom stereocenters. The van der Waals surface area contributed by atoms with E-state index in [-0.39, 0.29) is 16.4 Å². The maximum absolute atomic E-state index is 12.3. The second kappa shape index (κ2) is 5.42. The van der Waals surface area contributed by atoms with Gasteiger partial charge in [0.05, 0.1) is 11.8 Å². The molecule has 0 saturated heterocycles. The van der Waals surface area contributed by atoms with Gasteiger partial charge in [0.1, 0.15) is 0 Å². The molecule has 0 saturated carbocycles. The van der Waals surface area contributed by atoms with Crippen LogP contribution in [0.15, 0.2) is 11.2 Å². The van der Waals surface area contributed by atoms with Gasteiger partial charge in [-0.15, -0.1) is 0 Å². The number of nitrogens with one attached hydrogen (secondary N) is 1. The summed E-state index contributed by atoms with van der Waals surface area (Å²) in [4.78, 5) is 11.9. The molecule has 0 aliphatic heterocycles. The van der Waals surface area contributed by atoms with E-state index in [1.165, 1.54) is 17.9 Å². The maximum atomic E-state index is 12.3. The molecular weight excluding hydrogens is 266 g/mol. The molecular formula is C12H21N3O3S. The zero-order valence-corrected chi connectivity index (χ0v) is 12.8. The van der Waals surface area contributed by atoms with Crippen molar-refractivity contribution in [2.45, 2.75) is 51.1 Å². The summed E-state index contributed by atoms with van der Waals surface area (Å²) in [5.74, 6) is -0.204. The normalized spacial score (nSPS) is 12.7. The summed E-state index contributed by atoms with van der Waals surface area (Å²) in [7, 11) is -2.26. The molecule has 0 aliphatic carbocycles. The lowest BCUT2D eigenvalue weighted by atomic mass is 10.1. The number of hydrogen-bond donors (Lipinski definition) is 1. The quantitative estimate of drug-likeness (QED) is 0.832. The van der Waals surface area contributed by atoms with Crippen molar-refractivity contribution in [1.29, 1.82) is 0 Å². The van der Waals surface area contributed by atoms with Crippen LogP contribution < -0.4 is 4.72 Å². The van der Waals surface area contributed by atoms with Crippen LogP contribution in [0, 0.1) is 0 Å². The van der Waals surface area contributed by atoms with Crippen LogP contribution in [0.25, 0.3) is 0 Å². The van der Waals surface area contributed by atoms with Crippen LogP contribution in [0.2, 0.25) is 0 Å². The van der Waals surface area contributed by atoms with Gasteiger partial charge < -0.3 is 0 Å². The lowest BCUT2D eigenvalue weighted by Crippen LogP contribution is -2.41. The van der Waals surface area contributed by atoms with Gasteiger partial charge in [-0.3, -0.25) is 9.48 Å². The third-order valence-corrected chi connectivity index (χ3v) is 4.23. The number of aromatic nitrogens is 2. The minimum Gasteiger partial charge on any atom is -0.294 e. The molecule has 108 valence electrons. The Bertz CT molecular complexity index is 568. The number of carbonyl (C=O) groups excluding carboxylic acids is 1. The van der Waals surface area contributed by atoms with Gasteiger partial charge in [0.15, 0.2) is 10.8 Å². The summed E-state index contributed by atoms with van der Waals surface area (Å²) < 4.78 is 28.4. The highest BCUT2D eigenvalue weighted by molar-refractivity contribution is 7.89. The largest absolute Gasteiger partial charge is 0.294 e. The fraction of sp³-hybridized carbons (Fsp3) is 0.667. The predicted octanol–water partition coefficient (Wildman–Crippen LogP) is 1.48. The van der Waals surface area contributed by atoms with Crippen LogP contribution in [0.3, 0.4) is 0 Å². The van der Waals surface area contributed by atoms with Gasteiger partial charge in [0, 0.05) is 19.0 Å². The van der Waals surface area contributed by atoms with E-state index in [1.807, 2.05) is 6.92 Å². The molecule has 19 heavy (non-hydrogen) atoms. The first-order valence-electron chi connectivity index (χ1n) is 6.17. The first-order chi connectivity index (χ1) is 8.58. The van der Waals surface area contributed by atoms with E-state index < -0.39 is 15.6 Å². The van der Waals surface area contributed by atoms with E-state index in [2.05, 4.69) is 9.82 Å². The third kappa shape index (κ3) is 3.87. The summed E-state index contributed by atoms with van der Waals surface area (Å²) in [6.45, 7) is 7.10. The molecule has 0 spiro atoms. The van der Waals surface area contributed by atoms with Crippen molar-refractivity contribution in [3.8, 4) is 0 Å². The Morgan fingerprint density at radius 1 is 1.42 bits per heavy atom. The Hall–Kier alpha value is -1.21. The zero-order valence-electron chi connectivity index (χ0n) is 12.0. The number of rotatable bonds is 5. The van der Waals surface area contributed by atoms with Crippen molar-refractivity contribution in [2.24, 2.45) is 7.05 Å². The van der Waals surface area contributed by atoms with Crippen LogP contribution in [-0.2, 0) is 17.1 Å². The monoisotopic (exact) mass is 287 g/mol.